The molecular weight excluding hydrogens is 322 g/mol. The molecule has 2 atom stereocenters. The van der Waals surface area contributed by atoms with Crippen molar-refractivity contribution in [2.75, 3.05) is 25.0 Å². The van der Waals surface area contributed by atoms with Gasteiger partial charge in [0.15, 0.2) is 5.82 Å². The van der Waals surface area contributed by atoms with Crippen molar-refractivity contribution in [3.8, 4) is 11.8 Å². The number of fused-ring (bicyclic) bond motifs is 3. The maximum atomic E-state index is 4.43. The van der Waals surface area contributed by atoms with E-state index in [-0.39, 0.29) is 0 Å². The van der Waals surface area contributed by atoms with Gasteiger partial charge in [0.05, 0.1) is 0 Å². The number of hydrogen-bond donors (Lipinski definition) is 1. The van der Waals surface area contributed by atoms with Crippen LogP contribution in [0.15, 0.2) is 42.6 Å². The molecule has 3 aromatic rings. The van der Waals surface area contributed by atoms with Gasteiger partial charge in [0.1, 0.15) is 5.69 Å². The van der Waals surface area contributed by atoms with Crippen molar-refractivity contribution in [3.05, 3.63) is 53.9 Å². The Morgan fingerprint density at radius 2 is 1.85 bits per heavy atom. The summed E-state index contributed by atoms with van der Waals surface area (Å²) >= 11 is 0. The van der Waals surface area contributed by atoms with Crippen LogP contribution in [-0.2, 0) is 0 Å². The fraction of sp³-hybridized carbons (Fsp3) is 0.333. The highest BCUT2D eigenvalue weighted by molar-refractivity contribution is 5.80. The molecule has 26 heavy (non-hydrogen) atoms. The first kappa shape index (κ1) is 15.4. The molecule has 1 N–H and O–H groups in total. The molecule has 2 aliphatic heterocycles. The summed E-state index contributed by atoms with van der Waals surface area (Å²) in [7, 11) is 2.24. The number of anilines is 1. The molecule has 130 valence electrons. The Balaban J connectivity index is 1.33. The molecule has 2 unspecified atom stereocenters. The second-order valence-electron chi connectivity index (χ2n) is 7.26. The summed E-state index contributed by atoms with van der Waals surface area (Å²) in [5.41, 5.74) is 2.82. The highest BCUT2D eigenvalue weighted by Gasteiger charge is 2.37. The average molecular weight is 343 g/mol. The summed E-state index contributed by atoms with van der Waals surface area (Å²) in [4.78, 5) is 8.08. The van der Waals surface area contributed by atoms with Gasteiger partial charge in [-0.25, -0.2) is 0 Å². The van der Waals surface area contributed by atoms with Crippen LogP contribution >= 0.6 is 0 Å². The smallest absolute Gasteiger partial charge is 0.151 e. The first-order valence-electron chi connectivity index (χ1n) is 9.16. The number of nitrogens with zero attached hydrogens (tertiary/aromatic N) is 4. The summed E-state index contributed by atoms with van der Waals surface area (Å²) in [5.74, 6) is 7.28. The molecule has 5 rings (SSSR count). The van der Waals surface area contributed by atoms with Crippen molar-refractivity contribution < 1.29 is 0 Å². The van der Waals surface area contributed by atoms with Crippen LogP contribution in [0.4, 0.5) is 5.82 Å². The lowest BCUT2D eigenvalue weighted by Crippen LogP contribution is -2.52. The molecule has 2 bridgehead atoms. The van der Waals surface area contributed by atoms with Gasteiger partial charge in [-0.1, -0.05) is 5.92 Å². The molecule has 4 heterocycles. The van der Waals surface area contributed by atoms with Gasteiger partial charge >= 0.3 is 0 Å². The molecule has 0 aliphatic carbocycles. The molecular formula is C21H21N5. The zero-order valence-electron chi connectivity index (χ0n) is 14.8. The Morgan fingerprint density at radius 3 is 2.62 bits per heavy atom. The molecule has 0 saturated carbocycles. The Labute approximate surface area is 153 Å². The zero-order chi connectivity index (χ0) is 17.5. The molecule has 2 fully saturated rings. The topological polar surface area (TPSA) is 48.0 Å². The summed E-state index contributed by atoms with van der Waals surface area (Å²) in [5, 5.41) is 9.92. The van der Waals surface area contributed by atoms with Gasteiger partial charge in [0, 0.05) is 47.8 Å². The monoisotopic (exact) mass is 343 g/mol. The van der Waals surface area contributed by atoms with E-state index in [1.165, 1.54) is 18.2 Å². The minimum Gasteiger partial charge on any atom is -0.361 e. The maximum Gasteiger partial charge on any atom is 0.151 e. The van der Waals surface area contributed by atoms with Crippen molar-refractivity contribution in [3.63, 3.8) is 0 Å². The fourth-order valence-electron chi connectivity index (χ4n) is 4.13. The Bertz CT molecular complexity index is 980. The molecule has 2 aromatic heterocycles. The number of aromatic amines is 1. The Morgan fingerprint density at radius 1 is 1.00 bits per heavy atom. The molecule has 2 aliphatic rings. The number of piperazine rings is 1. The van der Waals surface area contributed by atoms with Gasteiger partial charge in [-0.3, -0.25) is 4.90 Å². The normalized spacial score (nSPS) is 22.4. The van der Waals surface area contributed by atoms with Gasteiger partial charge in [-0.15, -0.1) is 10.2 Å². The third-order valence-electron chi connectivity index (χ3n) is 5.71. The van der Waals surface area contributed by atoms with Crippen molar-refractivity contribution >= 4 is 16.7 Å². The summed E-state index contributed by atoms with van der Waals surface area (Å²) in [6, 6.07) is 13.5. The molecule has 0 amide bonds. The number of H-pyrrole nitrogens is 1. The predicted molar refractivity (Wildman–Crippen MR) is 103 cm³/mol. The van der Waals surface area contributed by atoms with Gasteiger partial charge in [0.25, 0.3) is 0 Å². The molecule has 1 aromatic carbocycles. The summed E-state index contributed by atoms with van der Waals surface area (Å²) in [6.07, 6.45) is 4.52. The minimum absolute atomic E-state index is 0.651. The van der Waals surface area contributed by atoms with E-state index in [2.05, 4.69) is 68.1 Å². The number of rotatable bonds is 1. The van der Waals surface area contributed by atoms with Crippen LogP contribution in [0.3, 0.4) is 0 Å². The van der Waals surface area contributed by atoms with E-state index < -0.39 is 0 Å². The lowest BCUT2D eigenvalue weighted by molar-refractivity contribution is 0.211. The second kappa shape index (κ2) is 6.15. The number of likely N-dealkylation sites (N-methyl/N-ethyl adjacent to an activating group) is 1. The van der Waals surface area contributed by atoms with Gasteiger partial charge < -0.3 is 9.88 Å². The van der Waals surface area contributed by atoms with Gasteiger partial charge in [-0.2, -0.15) is 0 Å². The van der Waals surface area contributed by atoms with E-state index in [1.807, 2.05) is 18.3 Å². The minimum atomic E-state index is 0.651. The number of nitrogens with one attached hydrogen (secondary N) is 1. The lowest BCUT2D eigenvalue weighted by atomic mass is 10.1. The Kier molecular flexibility index (Phi) is 3.65. The van der Waals surface area contributed by atoms with Gasteiger partial charge in [0.2, 0.25) is 0 Å². The molecule has 0 spiro atoms. The quantitative estimate of drug-likeness (QED) is 0.690. The SMILES string of the molecule is CN1C2CCC1CN(c1ccc(C#Cc3ccc4[nH]ccc4c3)nn1)C2. The van der Waals surface area contributed by atoms with Crippen LogP contribution in [-0.4, -0.2) is 52.3 Å². The van der Waals surface area contributed by atoms with E-state index in [0.717, 1.165) is 30.0 Å². The van der Waals surface area contributed by atoms with Crippen molar-refractivity contribution in [2.24, 2.45) is 0 Å². The molecule has 5 heteroatoms. The molecule has 5 nitrogen and oxygen atoms in total. The van der Waals surface area contributed by atoms with Crippen LogP contribution in [0, 0.1) is 11.8 Å². The van der Waals surface area contributed by atoms with E-state index in [1.54, 1.807) is 0 Å². The zero-order valence-corrected chi connectivity index (χ0v) is 14.8. The predicted octanol–water partition coefficient (Wildman–Crippen LogP) is 2.64. The van der Waals surface area contributed by atoms with Crippen molar-refractivity contribution in [1.29, 1.82) is 0 Å². The third-order valence-corrected chi connectivity index (χ3v) is 5.71. The number of hydrogen-bond acceptors (Lipinski definition) is 4. The van der Waals surface area contributed by atoms with Crippen molar-refractivity contribution in [2.45, 2.75) is 24.9 Å². The van der Waals surface area contributed by atoms with Crippen LogP contribution in [0.2, 0.25) is 0 Å². The first-order valence-corrected chi connectivity index (χ1v) is 9.16. The van der Waals surface area contributed by atoms with E-state index in [9.17, 15) is 0 Å². The Hall–Kier alpha value is -2.84. The van der Waals surface area contributed by atoms with E-state index in [0.29, 0.717) is 17.8 Å². The van der Waals surface area contributed by atoms with Crippen LogP contribution in [0.5, 0.6) is 0 Å². The van der Waals surface area contributed by atoms with E-state index in [4.69, 9.17) is 0 Å². The largest absolute Gasteiger partial charge is 0.361 e. The first-order chi connectivity index (χ1) is 12.8. The van der Waals surface area contributed by atoms with Crippen LogP contribution in [0.25, 0.3) is 10.9 Å². The molecule has 0 radical (unpaired) electrons. The highest BCUT2D eigenvalue weighted by atomic mass is 15.3. The number of benzene rings is 1. The summed E-state index contributed by atoms with van der Waals surface area (Å²) < 4.78 is 0. The van der Waals surface area contributed by atoms with Gasteiger partial charge in [-0.05, 0) is 62.2 Å². The van der Waals surface area contributed by atoms with Crippen LogP contribution < -0.4 is 4.90 Å². The van der Waals surface area contributed by atoms with Crippen LogP contribution in [0.1, 0.15) is 24.1 Å². The summed E-state index contributed by atoms with van der Waals surface area (Å²) in [6.45, 7) is 2.09. The third kappa shape index (κ3) is 2.73. The molecule has 2 saturated heterocycles. The fourth-order valence-corrected chi connectivity index (χ4v) is 4.13. The van der Waals surface area contributed by atoms with Crippen molar-refractivity contribution in [1.82, 2.24) is 20.1 Å². The average Bonchev–Trinajstić information content (AvgIpc) is 3.20. The number of aromatic nitrogens is 3. The van der Waals surface area contributed by atoms with E-state index >= 15 is 0 Å². The highest BCUT2D eigenvalue weighted by Crippen LogP contribution is 2.30. The standard InChI is InChI=1S/C21H21N5/c1-25-18-6-7-19(25)14-26(13-18)21-9-5-17(23-24-21)4-2-15-3-8-20-16(12-15)10-11-22-20/h3,5,8-12,18-19,22H,6-7,13-14H2,1H3. The second-order valence-corrected chi connectivity index (χ2v) is 7.26. The lowest BCUT2D eigenvalue weighted by Gasteiger charge is -2.39. The maximum absolute atomic E-state index is 4.43.